The van der Waals surface area contributed by atoms with Gasteiger partial charge in [-0.25, -0.2) is 0 Å². The van der Waals surface area contributed by atoms with Crippen molar-refractivity contribution in [1.29, 1.82) is 0 Å². The van der Waals surface area contributed by atoms with Crippen LogP contribution in [0.4, 0.5) is 0 Å². The van der Waals surface area contributed by atoms with E-state index in [0.717, 1.165) is 13.0 Å². The van der Waals surface area contributed by atoms with Gasteiger partial charge in [0.15, 0.2) is 0 Å². The zero-order valence-corrected chi connectivity index (χ0v) is 8.79. The second-order valence-corrected chi connectivity index (χ2v) is 3.93. The Kier molecular flexibility index (Phi) is 3.14. The van der Waals surface area contributed by atoms with Crippen LogP contribution >= 0.6 is 0 Å². The number of nitrogens with zero attached hydrogens (tertiary/aromatic N) is 1. The number of aryl methyl sites for hydroxylation is 1. The van der Waals surface area contributed by atoms with E-state index in [-0.39, 0.29) is 0 Å². The highest BCUT2D eigenvalue weighted by molar-refractivity contribution is 5.26. The van der Waals surface area contributed by atoms with Crippen molar-refractivity contribution in [2.24, 2.45) is 0 Å². The summed E-state index contributed by atoms with van der Waals surface area (Å²) < 4.78 is 0. The van der Waals surface area contributed by atoms with Gasteiger partial charge in [0.2, 0.25) is 0 Å². The SMILES string of the molecule is CCc1ccncc1[C@H]1CCCCN1. The first-order valence-corrected chi connectivity index (χ1v) is 5.58. The molecule has 0 bridgehead atoms. The third kappa shape index (κ3) is 1.95. The molecule has 0 spiro atoms. The molecule has 1 saturated heterocycles. The summed E-state index contributed by atoms with van der Waals surface area (Å²) in [4.78, 5) is 4.23. The highest BCUT2D eigenvalue weighted by Gasteiger charge is 2.16. The van der Waals surface area contributed by atoms with Crippen LogP contribution in [0, 0.1) is 0 Å². The quantitative estimate of drug-likeness (QED) is 0.775. The molecule has 0 aliphatic carbocycles. The monoisotopic (exact) mass is 190 g/mol. The highest BCUT2D eigenvalue weighted by Crippen LogP contribution is 2.25. The minimum Gasteiger partial charge on any atom is -0.310 e. The molecule has 1 aromatic rings. The summed E-state index contributed by atoms with van der Waals surface area (Å²) in [5, 5.41) is 3.57. The Labute approximate surface area is 85.7 Å². The van der Waals surface area contributed by atoms with Crippen molar-refractivity contribution in [2.75, 3.05) is 6.54 Å². The van der Waals surface area contributed by atoms with Gasteiger partial charge in [-0.1, -0.05) is 13.3 Å². The molecule has 0 aromatic carbocycles. The van der Waals surface area contributed by atoms with E-state index in [1.54, 1.807) is 0 Å². The summed E-state index contributed by atoms with van der Waals surface area (Å²) in [6.07, 6.45) is 8.95. The molecule has 76 valence electrons. The maximum Gasteiger partial charge on any atom is 0.0338 e. The van der Waals surface area contributed by atoms with E-state index >= 15 is 0 Å². The number of piperidine rings is 1. The molecule has 2 nitrogen and oxygen atoms in total. The van der Waals surface area contributed by atoms with Crippen molar-refractivity contribution in [2.45, 2.75) is 38.6 Å². The van der Waals surface area contributed by atoms with Crippen LogP contribution in [-0.2, 0) is 6.42 Å². The Bertz CT molecular complexity index is 290. The molecule has 0 unspecified atom stereocenters. The molecule has 1 N–H and O–H groups in total. The summed E-state index contributed by atoms with van der Waals surface area (Å²) >= 11 is 0. The van der Waals surface area contributed by atoms with E-state index in [1.165, 1.54) is 30.4 Å². The highest BCUT2D eigenvalue weighted by atomic mass is 14.9. The molecule has 14 heavy (non-hydrogen) atoms. The molecule has 1 aromatic heterocycles. The fourth-order valence-electron chi connectivity index (χ4n) is 2.19. The molecule has 1 aliphatic heterocycles. The molecule has 0 radical (unpaired) electrons. The van der Waals surface area contributed by atoms with E-state index < -0.39 is 0 Å². The summed E-state index contributed by atoms with van der Waals surface area (Å²) in [6.45, 7) is 3.37. The molecule has 1 atom stereocenters. The van der Waals surface area contributed by atoms with Gasteiger partial charge in [-0.3, -0.25) is 4.98 Å². The van der Waals surface area contributed by atoms with E-state index in [0.29, 0.717) is 6.04 Å². The average Bonchev–Trinajstić information content (AvgIpc) is 2.30. The van der Waals surface area contributed by atoms with Crippen molar-refractivity contribution < 1.29 is 0 Å². The van der Waals surface area contributed by atoms with Crippen LogP contribution < -0.4 is 5.32 Å². The van der Waals surface area contributed by atoms with Crippen molar-refractivity contribution in [1.82, 2.24) is 10.3 Å². The van der Waals surface area contributed by atoms with E-state index in [4.69, 9.17) is 0 Å². The number of hydrogen-bond acceptors (Lipinski definition) is 2. The van der Waals surface area contributed by atoms with Gasteiger partial charge in [-0.2, -0.15) is 0 Å². The van der Waals surface area contributed by atoms with Gasteiger partial charge in [0.25, 0.3) is 0 Å². The molecule has 0 amide bonds. The zero-order valence-electron chi connectivity index (χ0n) is 8.79. The Balaban J connectivity index is 2.20. The predicted molar refractivity (Wildman–Crippen MR) is 58.2 cm³/mol. The second-order valence-electron chi connectivity index (χ2n) is 3.93. The summed E-state index contributed by atoms with van der Waals surface area (Å²) in [6, 6.07) is 2.69. The van der Waals surface area contributed by atoms with Crippen LogP contribution in [-0.4, -0.2) is 11.5 Å². The van der Waals surface area contributed by atoms with Crippen molar-refractivity contribution in [3.63, 3.8) is 0 Å². The Morgan fingerprint density at radius 3 is 3.14 bits per heavy atom. The maximum absolute atomic E-state index is 4.23. The lowest BCUT2D eigenvalue weighted by Gasteiger charge is -2.25. The number of nitrogens with one attached hydrogen (secondary N) is 1. The second kappa shape index (κ2) is 4.56. The van der Waals surface area contributed by atoms with E-state index in [9.17, 15) is 0 Å². The predicted octanol–water partition coefficient (Wildman–Crippen LogP) is 2.46. The minimum atomic E-state index is 0.549. The van der Waals surface area contributed by atoms with Crippen LogP contribution in [0.25, 0.3) is 0 Å². The molecule has 1 fully saturated rings. The average molecular weight is 190 g/mol. The van der Waals surface area contributed by atoms with Crippen LogP contribution in [0.5, 0.6) is 0 Å². The standard InChI is InChI=1S/C12H18N2/c1-2-10-6-8-13-9-11(10)12-5-3-4-7-14-12/h6,8-9,12,14H,2-5,7H2,1H3/t12-/m1/s1. The molecule has 2 rings (SSSR count). The van der Waals surface area contributed by atoms with E-state index in [2.05, 4.69) is 23.3 Å². The van der Waals surface area contributed by atoms with Gasteiger partial charge in [-0.05, 0) is 43.0 Å². The molecule has 2 heteroatoms. The van der Waals surface area contributed by atoms with Gasteiger partial charge in [-0.15, -0.1) is 0 Å². The lowest BCUT2D eigenvalue weighted by atomic mass is 9.94. The summed E-state index contributed by atoms with van der Waals surface area (Å²) in [7, 11) is 0. The Morgan fingerprint density at radius 2 is 2.43 bits per heavy atom. The van der Waals surface area contributed by atoms with E-state index in [1.807, 2.05) is 12.4 Å². The number of aromatic nitrogens is 1. The lowest BCUT2D eigenvalue weighted by molar-refractivity contribution is 0.409. The smallest absolute Gasteiger partial charge is 0.0338 e. The normalized spacial score (nSPS) is 22.2. The Morgan fingerprint density at radius 1 is 1.50 bits per heavy atom. The van der Waals surface area contributed by atoms with Crippen LogP contribution in [0.2, 0.25) is 0 Å². The van der Waals surface area contributed by atoms with Crippen molar-refractivity contribution in [3.8, 4) is 0 Å². The fraction of sp³-hybridized carbons (Fsp3) is 0.583. The fourth-order valence-corrected chi connectivity index (χ4v) is 2.19. The van der Waals surface area contributed by atoms with Crippen LogP contribution in [0.15, 0.2) is 18.5 Å². The molecular formula is C12H18N2. The largest absolute Gasteiger partial charge is 0.310 e. The molecule has 1 aliphatic rings. The van der Waals surface area contributed by atoms with Gasteiger partial charge in [0.05, 0.1) is 0 Å². The zero-order chi connectivity index (χ0) is 9.80. The summed E-state index contributed by atoms with van der Waals surface area (Å²) in [5.74, 6) is 0. The van der Waals surface area contributed by atoms with Crippen LogP contribution in [0.1, 0.15) is 43.4 Å². The third-order valence-electron chi connectivity index (χ3n) is 3.01. The first-order chi connectivity index (χ1) is 6.92. The topological polar surface area (TPSA) is 24.9 Å². The Hall–Kier alpha value is -0.890. The maximum atomic E-state index is 4.23. The van der Waals surface area contributed by atoms with Crippen LogP contribution in [0.3, 0.4) is 0 Å². The first-order valence-electron chi connectivity index (χ1n) is 5.58. The first kappa shape index (κ1) is 9.66. The van der Waals surface area contributed by atoms with Crippen molar-refractivity contribution >= 4 is 0 Å². The molecule has 0 saturated carbocycles. The molecular weight excluding hydrogens is 172 g/mol. The third-order valence-corrected chi connectivity index (χ3v) is 3.01. The number of hydrogen-bond donors (Lipinski definition) is 1. The number of pyridine rings is 1. The van der Waals surface area contributed by atoms with Gasteiger partial charge in [0.1, 0.15) is 0 Å². The van der Waals surface area contributed by atoms with Crippen molar-refractivity contribution in [3.05, 3.63) is 29.6 Å². The number of rotatable bonds is 2. The molecule has 2 heterocycles. The van der Waals surface area contributed by atoms with Gasteiger partial charge >= 0.3 is 0 Å². The summed E-state index contributed by atoms with van der Waals surface area (Å²) in [5.41, 5.74) is 2.86. The minimum absolute atomic E-state index is 0.549. The van der Waals surface area contributed by atoms with Gasteiger partial charge in [0, 0.05) is 18.4 Å². The van der Waals surface area contributed by atoms with Gasteiger partial charge < -0.3 is 5.32 Å². The lowest BCUT2D eigenvalue weighted by Crippen LogP contribution is -2.27.